The van der Waals surface area contributed by atoms with Crippen molar-refractivity contribution in [3.8, 4) is 0 Å². The first-order valence-corrected chi connectivity index (χ1v) is 7.21. The third-order valence-electron chi connectivity index (χ3n) is 4.27. The molecule has 1 aliphatic rings. The number of hydrogen-bond donors (Lipinski definition) is 1. The van der Waals surface area contributed by atoms with Crippen LogP contribution < -0.4 is 4.90 Å². The van der Waals surface area contributed by atoms with Gasteiger partial charge in [0.25, 0.3) is 0 Å². The fourth-order valence-corrected chi connectivity index (χ4v) is 3.23. The van der Waals surface area contributed by atoms with Crippen LogP contribution in [0.3, 0.4) is 0 Å². The van der Waals surface area contributed by atoms with Gasteiger partial charge >= 0.3 is 5.97 Å². The molecule has 0 spiro atoms. The van der Waals surface area contributed by atoms with Crippen LogP contribution in [0.1, 0.15) is 50.0 Å². The van der Waals surface area contributed by atoms with Crippen LogP contribution in [0.25, 0.3) is 0 Å². The molecule has 0 radical (unpaired) electrons. The van der Waals surface area contributed by atoms with Crippen LogP contribution in [0.5, 0.6) is 0 Å². The fraction of sp³-hybridized carbons (Fsp3) is 0.667. The summed E-state index contributed by atoms with van der Waals surface area (Å²) in [5.41, 5.74) is 0.609. The Hall–Kier alpha value is -1.65. The zero-order valence-electron chi connectivity index (χ0n) is 12.5. The number of carboxylic acid groups (broad SMARTS) is 1. The van der Waals surface area contributed by atoms with E-state index in [1.165, 1.54) is 6.42 Å². The summed E-state index contributed by atoms with van der Waals surface area (Å²) in [6.45, 7) is 3.81. The van der Waals surface area contributed by atoms with Crippen LogP contribution in [0, 0.1) is 13.8 Å². The molecule has 1 aliphatic carbocycles. The van der Waals surface area contributed by atoms with Crippen LogP contribution in [0.4, 0.5) is 5.82 Å². The van der Waals surface area contributed by atoms with Crippen LogP contribution in [0.2, 0.25) is 0 Å². The molecule has 1 heterocycles. The SMILES string of the molecule is Cc1cc(N(C)C2(CC(=O)O)CCCCC2)nc(C)n1. The van der Waals surface area contributed by atoms with Crippen LogP contribution in [0.15, 0.2) is 6.07 Å². The number of carbonyl (C=O) groups is 1. The van der Waals surface area contributed by atoms with E-state index in [4.69, 9.17) is 0 Å². The number of carboxylic acids is 1. The number of hydrogen-bond acceptors (Lipinski definition) is 4. The molecular weight excluding hydrogens is 254 g/mol. The Kier molecular flexibility index (Phi) is 4.26. The lowest BCUT2D eigenvalue weighted by Gasteiger charge is -2.44. The highest BCUT2D eigenvalue weighted by molar-refractivity contribution is 5.69. The Morgan fingerprint density at radius 1 is 1.30 bits per heavy atom. The second-order valence-corrected chi connectivity index (χ2v) is 5.83. The van der Waals surface area contributed by atoms with Gasteiger partial charge < -0.3 is 10.0 Å². The minimum Gasteiger partial charge on any atom is -0.481 e. The largest absolute Gasteiger partial charge is 0.481 e. The summed E-state index contributed by atoms with van der Waals surface area (Å²) in [6.07, 6.45) is 5.36. The molecule has 1 fully saturated rings. The van der Waals surface area contributed by atoms with Crippen LogP contribution >= 0.6 is 0 Å². The van der Waals surface area contributed by atoms with Gasteiger partial charge in [0.1, 0.15) is 11.6 Å². The van der Waals surface area contributed by atoms with Gasteiger partial charge in [-0.25, -0.2) is 9.97 Å². The molecule has 5 nitrogen and oxygen atoms in total. The average molecular weight is 277 g/mol. The Bertz CT molecular complexity index is 476. The third kappa shape index (κ3) is 3.08. The van der Waals surface area contributed by atoms with Crippen molar-refractivity contribution in [1.29, 1.82) is 0 Å². The first kappa shape index (κ1) is 14.8. The number of nitrogens with zero attached hydrogens (tertiary/aromatic N) is 3. The highest BCUT2D eigenvalue weighted by Crippen LogP contribution is 2.38. The van der Waals surface area contributed by atoms with E-state index in [1.807, 2.05) is 27.0 Å². The van der Waals surface area contributed by atoms with Crippen molar-refractivity contribution >= 4 is 11.8 Å². The Balaban J connectivity index is 2.34. The van der Waals surface area contributed by atoms with E-state index < -0.39 is 5.97 Å². The number of aliphatic carboxylic acids is 1. The third-order valence-corrected chi connectivity index (χ3v) is 4.27. The quantitative estimate of drug-likeness (QED) is 0.916. The molecule has 0 amide bonds. The van der Waals surface area contributed by atoms with E-state index in [2.05, 4.69) is 14.9 Å². The van der Waals surface area contributed by atoms with Gasteiger partial charge in [0, 0.05) is 18.8 Å². The molecule has 1 aromatic heterocycles. The summed E-state index contributed by atoms with van der Waals surface area (Å²) >= 11 is 0. The summed E-state index contributed by atoms with van der Waals surface area (Å²) in [5.74, 6) is 0.826. The average Bonchev–Trinajstić information content (AvgIpc) is 2.37. The summed E-state index contributed by atoms with van der Waals surface area (Å²) in [6, 6.07) is 1.94. The van der Waals surface area contributed by atoms with E-state index in [0.29, 0.717) is 0 Å². The first-order valence-electron chi connectivity index (χ1n) is 7.21. The van der Waals surface area contributed by atoms with Gasteiger partial charge in [0.05, 0.1) is 12.0 Å². The van der Waals surface area contributed by atoms with Crippen molar-refractivity contribution in [2.24, 2.45) is 0 Å². The topological polar surface area (TPSA) is 66.3 Å². The highest BCUT2D eigenvalue weighted by atomic mass is 16.4. The van der Waals surface area contributed by atoms with Crippen LogP contribution in [-0.2, 0) is 4.79 Å². The van der Waals surface area contributed by atoms with E-state index in [-0.39, 0.29) is 12.0 Å². The van der Waals surface area contributed by atoms with Gasteiger partial charge in [-0.1, -0.05) is 19.3 Å². The summed E-state index contributed by atoms with van der Waals surface area (Å²) in [7, 11) is 1.97. The predicted octanol–water partition coefficient (Wildman–Crippen LogP) is 2.71. The zero-order valence-corrected chi connectivity index (χ0v) is 12.5. The number of aryl methyl sites for hydroxylation is 2. The molecule has 0 bridgehead atoms. The minimum atomic E-state index is -0.735. The van der Waals surface area contributed by atoms with Crippen molar-refractivity contribution < 1.29 is 9.90 Å². The zero-order chi connectivity index (χ0) is 14.8. The highest BCUT2D eigenvalue weighted by Gasteiger charge is 2.39. The molecule has 0 atom stereocenters. The van der Waals surface area contributed by atoms with Gasteiger partial charge in [-0.15, -0.1) is 0 Å². The van der Waals surface area contributed by atoms with Crippen molar-refractivity contribution in [3.63, 3.8) is 0 Å². The van der Waals surface area contributed by atoms with Gasteiger partial charge in [-0.05, 0) is 26.7 Å². The fourth-order valence-electron chi connectivity index (χ4n) is 3.23. The van der Waals surface area contributed by atoms with Crippen molar-refractivity contribution in [2.75, 3.05) is 11.9 Å². The Morgan fingerprint density at radius 2 is 1.95 bits per heavy atom. The Labute approximate surface area is 120 Å². The molecule has 0 saturated heterocycles. The summed E-state index contributed by atoms with van der Waals surface area (Å²) in [5, 5.41) is 9.28. The van der Waals surface area contributed by atoms with Crippen LogP contribution in [-0.4, -0.2) is 33.6 Å². The lowest BCUT2D eigenvalue weighted by atomic mass is 9.78. The van der Waals surface area contributed by atoms with Gasteiger partial charge in [-0.3, -0.25) is 4.79 Å². The maximum atomic E-state index is 11.3. The predicted molar refractivity (Wildman–Crippen MR) is 78.0 cm³/mol. The lowest BCUT2D eigenvalue weighted by Crippen LogP contribution is -2.50. The van der Waals surface area contributed by atoms with Crippen molar-refractivity contribution in [1.82, 2.24) is 9.97 Å². The Morgan fingerprint density at radius 3 is 2.50 bits per heavy atom. The molecule has 0 unspecified atom stereocenters. The van der Waals surface area contributed by atoms with Gasteiger partial charge in [0.2, 0.25) is 0 Å². The second kappa shape index (κ2) is 5.77. The summed E-state index contributed by atoms with van der Waals surface area (Å²) < 4.78 is 0. The minimum absolute atomic E-state index is 0.172. The molecule has 1 saturated carbocycles. The monoisotopic (exact) mass is 277 g/mol. The summed E-state index contributed by atoms with van der Waals surface area (Å²) in [4.78, 5) is 22.1. The molecule has 2 rings (SSSR count). The molecule has 110 valence electrons. The maximum Gasteiger partial charge on any atom is 0.305 e. The second-order valence-electron chi connectivity index (χ2n) is 5.83. The normalized spacial score (nSPS) is 17.8. The van der Waals surface area contributed by atoms with Crippen molar-refractivity contribution in [3.05, 3.63) is 17.6 Å². The molecular formula is C15H23N3O2. The number of anilines is 1. The van der Waals surface area contributed by atoms with E-state index in [1.54, 1.807) is 0 Å². The van der Waals surface area contributed by atoms with Crippen molar-refractivity contribution in [2.45, 2.75) is 57.9 Å². The first-order chi connectivity index (χ1) is 9.43. The lowest BCUT2D eigenvalue weighted by molar-refractivity contribution is -0.138. The van der Waals surface area contributed by atoms with Gasteiger partial charge in [0.15, 0.2) is 0 Å². The molecule has 0 aromatic carbocycles. The molecule has 5 heteroatoms. The van der Waals surface area contributed by atoms with Gasteiger partial charge in [-0.2, -0.15) is 0 Å². The maximum absolute atomic E-state index is 11.3. The molecule has 0 aliphatic heterocycles. The smallest absolute Gasteiger partial charge is 0.305 e. The molecule has 1 N–H and O–H groups in total. The molecule has 20 heavy (non-hydrogen) atoms. The van der Waals surface area contributed by atoms with E-state index in [0.717, 1.165) is 43.0 Å². The number of rotatable bonds is 4. The molecule has 1 aromatic rings. The standard InChI is InChI=1S/C15H23N3O2/c1-11-9-13(17-12(2)16-11)18(3)15(10-14(19)20)7-5-4-6-8-15/h9H,4-8,10H2,1-3H3,(H,19,20). The number of aromatic nitrogens is 2. The van der Waals surface area contributed by atoms with E-state index in [9.17, 15) is 9.90 Å². The van der Waals surface area contributed by atoms with E-state index >= 15 is 0 Å².